The van der Waals surface area contributed by atoms with E-state index in [1.54, 1.807) is 36.7 Å². The molecule has 190 valence electrons. The normalized spacial score (nSPS) is 15.0. The minimum atomic E-state index is -0.305. The molecule has 0 spiro atoms. The molecule has 1 amide bonds. The number of amides is 1. The van der Waals surface area contributed by atoms with Crippen LogP contribution in [0.15, 0.2) is 96.0 Å². The molecule has 7 heteroatoms. The number of aldehydes is 1. The number of carbonyl (C=O) groups excluding carboxylic acids is 2. The first kappa shape index (κ1) is 25.7. The number of carbonyl (C=O) groups is 2. The lowest BCUT2D eigenvalue weighted by Gasteiger charge is -2.36. The maximum atomic E-state index is 12.8. The van der Waals surface area contributed by atoms with Crippen molar-refractivity contribution in [2.24, 2.45) is 10.9 Å². The average molecular weight is 542 g/mol. The summed E-state index contributed by atoms with van der Waals surface area (Å²) in [5, 5.41) is 4.00. The smallest absolute Gasteiger partial charge is 0.257 e. The first-order valence-corrected chi connectivity index (χ1v) is 13.0. The topological polar surface area (TPSA) is 61.8 Å². The van der Waals surface area contributed by atoms with E-state index in [0.29, 0.717) is 27.8 Å². The Kier molecular flexibility index (Phi) is 7.59. The molecule has 1 N–H and O–H groups in total. The lowest BCUT2D eigenvalue weighted by Crippen LogP contribution is -2.34. The first-order chi connectivity index (χ1) is 18.4. The number of hydrogen-bond donors (Lipinski definition) is 1. The van der Waals surface area contributed by atoms with Gasteiger partial charge in [0.25, 0.3) is 5.91 Å². The van der Waals surface area contributed by atoms with Gasteiger partial charge in [-0.25, -0.2) is 4.99 Å². The molecule has 5 rings (SSSR count). The molecule has 0 fully saturated rings. The van der Waals surface area contributed by atoms with Crippen LogP contribution in [0.5, 0.6) is 0 Å². The van der Waals surface area contributed by atoms with Crippen molar-refractivity contribution < 1.29 is 9.59 Å². The zero-order valence-corrected chi connectivity index (χ0v) is 22.2. The number of hydrogen-bond acceptors (Lipinski definition) is 4. The Morgan fingerprint density at radius 3 is 2.50 bits per heavy atom. The van der Waals surface area contributed by atoms with Gasteiger partial charge in [-0.1, -0.05) is 78.7 Å². The van der Waals surface area contributed by atoms with Crippen molar-refractivity contribution in [2.75, 3.05) is 5.32 Å². The molecule has 0 saturated carbocycles. The zero-order chi connectivity index (χ0) is 26.6. The van der Waals surface area contributed by atoms with Gasteiger partial charge in [0.1, 0.15) is 6.29 Å². The molecule has 1 aliphatic rings. The molecule has 0 saturated heterocycles. The monoisotopic (exact) mass is 541 g/mol. The summed E-state index contributed by atoms with van der Waals surface area (Å²) in [6.45, 7) is 2.46. The number of benzene rings is 4. The molecule has 0 unspecified atom stereocenters. The van der Waals surface area contributed by atoms with Crippen LogP contribution in [0.4, 0.5) is 11.4 Å². The van der Waals surface area contributed by atoms with Crippen LogP contribution in [-0.2, 0) is 11.3 Å². The van der Waals surface area contributed by atoms with E-state index < -0.39 is 0 Å². The summed E-state index contributed by atoms with van der Waals surface area (Å²) in [5.41, 5.74) is 5.86. The summed E-state index contributed by atoms with van der Waals surface area (Å²) in [5.74, 6) is -0.604. The Morgan fingerprint density at radius 2 is 1.76 bits per heavy atom. The van der Waals surface area contributed by atoms with Crippen LogP contribution in [0.25, 0.3) is 11.1 Å². The van der Waals surface area contributed by atoms with Gasteiger partial charge < -0.3 is 15.0 Å². The third kappa shape index (κ3) is 5.49. The van der Waals surface area contributed by atoms with Gasteiger partial charge in [0.2, 0.25) is 0 Å². The summed E-state index contributed by atoms with van der Waals surface area (Å²) in [4.78, 5) is 31.5. The number of nitrogens with zero attached hydrogens (tertiary/aromatic N) is 2. The molecule has 4 aromatic carbocycles. The van der Waals surface area contributed by atoms with Gasteiger partial charge in [0.05, 0.1) is 28.7 Å². The van der Waals surface area contributed by atoms with Crippen LogP contribution in [0.2, 0.25) is 10.0 Å². The molecule has 0 aliphatic carbocycles. The summed E-state index contributed by atoms with van der Waals surface area (Å²) in [6, 6.07) is 28.2. The van der Waals surface area contributed by atoms with Crippen LogP contribution < -0.4 is 5.32 Å². The molecule has 0 aromatic heterocycles. The molecule has 4 aromatic rings. The van der Waals surface area contributed by atoms with E-state index in [9.17, 15) is 9.59 Å². The average Bonchev–Trinajstić information content (AvgIpc) is 2.93. The fourth-order valence-corrected chi connectivity index (χ4v) is 5.11. The maximum absolute atomic E-state index is 12.8. The van der Waals surface area contributed by atoms with E-state index in [1.807, 2.05) is 43.3 Å². The van der Waals surface area contributed by atoms with E-state index >= 15 is 0 Å². The van der Waals surface area contributed by atoms with E-state index in [4.69, 9.17) is 23.2 Å². The van der Waals surface area contributed by atoms with Crippen molar-refractivity contribution in [3.8, 4) is 11.1 Å². The van der Waals surface area contributed by atoms with Gasteiger partial charge in [-0.2, -0.15) is 0 Å². The van der Waals surface area contributed by atoms with Gasteiger partial charge >= 0.3 is 0 Å². The van der Waals surface area contributed by atoms with Crippen molar-refractivity contribution in [3.05, 3.63) is 118 Å². The number of fused-ring (bicyclic) bond motifs is 1. The van der Waals surface area contributed by atoms with Crippen molar-refractivity contribution in [2.45, 2.75) is 19.5 Å². The Morgan fingerprint density at radius 1 is 0.974 bits per heavy atom. The second-order valence-electron chi connectivity index (χ2n) is 9.27. The predicted octanol–water partition coefficient (Wildman–Crippen LogP) is 7.96. The van der Waals surface area contributed by atoms with Crippen LogP contribution >= 0.6 is 23.2 Å². The second kappa shape index (κ2) is 11.2. The standard InChI is InChI=1S/C31H25Cl2N3O2/c1-20(18-37)30-27-16-25(35-31(38)26-7-2-3-8-28(26)33)13-14-29(27)34-19-36(30)17-21-9-11-22(12-10-21)23-5-4-6-24(32)15-23/h2-16,18-20,30H,17H2,1H3,(H,35,38)/t20-,30+/m0/s1. The lowest BCUT2D eigenvalue weighted by atomic mass is 9.91. The maximum Gasteiger partial charge on any atom is 0.257 e. The van der Waals surface area contributed by atoms with Gasteiger partial charge in [-0.3, -0.25) is 4.79 Å². The Hall–Kier alpha value is -3.93. The van der Waals surface area contributed by atoms with E-state index in [1.165, 1.54) is 0 Å². The molecular weight excluding hydrogens is 517 g/mol. The predicted molar refractivity (Wildman–Crippen MR) is 154 cm³/mol. The lowest BCUT2D eigenvalue weighted by molar-refractivity contribution is -0.112. The second-order valence-corrected chi connectivity index (χ2v) is 10.1. The fraction of sp³-hybridized carbons (Fsp3) is 0.129. The van der Waals surface area contributed by atoms with Crippen LogP contribution in [-0.4, -0.2) is 23.4 Å². The highest BCUT2D eigenvalue weighted by Gasteiger charge is 2.30. The van der Waals surface area contributed by atoms with Crippen LogP contribution in [0.1, 0.15) is 34.5 Å². The molecule has 1 heterocycles. The Bertz CT molecular complexity index is 1520. The number of aliphatic imine (C=N–C) groups is 1. The van der Waals surface area contributed by atoms with Gasteiger partial charge in [0.15, 0.2) is 0 Å². The van der Waals surface area contributed by atoms with Crippen molar-refractivity contribution in [3.63, 3.8) is 0 Å². The molecule has 38 heavy (non-hydrogen) atoms. The van der Waals surface area contributed by atoms with E-state index in [-0.39, 0.29) is 17.9 Å². The molecule has 0 bridgehead atoms. The highest BCUT2D eigenvalue weighted by Crippen LogP contribution is 2.39. The minimum absolute atomic E-state index is 0.246. The molecular formula is C31H25Cl2N3O2. The highest BCUT2D eigenvalue weighted by atomic mass is 35.5. The summed E-state index contributed by atoms with van der Waals surface area (Å²) in [7, 11) is 0. The van der Waals surface area contributed by atoms with Crippen molar-refractivity contribution in [1.82, 2.24) is 4.90 Å². The summed E-state index contributed by atoms with van der Waals surface area (Å²) in [6.07, 6.45) is 2.75. The van der Waals surface area contributed by atoms with Gasteiger partial charge in [-0.15, -0.1) is 0 Å². The summed E-state index contributed by atoms with van der Waals surface area (Å²) < 4.78 is 0. The van der Waals surface area contributed by atoms with Gasteiger partial charge in [-0.05, 0) is 59.2 Å². The quantitative estimate of drug-likeness (QED) is 0.241. The Balaban J connectivity index is 1.39. The molecule has 5 nitrogen and oxygen atoms in total. The van der Waals surface area contributed by atoms with Gasteiger partial charge in [0, 0.05) is 28.7 Å². The Labute approximate surface area is 231 Å². The van der Waals surface area contributed by atoms with Crippen molar-refractivity contribution >= 4 is 53.1 Å². The van der Waals surface area contributed by atoms with Crippen molar-refractivity contribution in [1.29, 1.82) is 0 Å². The largest absolute Gasteiger partial charge is 0.350 e. The third-order valence-corrected chi connectivity index (χ3v) is 7.18. The number of nitrogens with one attached hydrogen (secondary N) is 1. The number of rotatable bonds is 7. The molecule has 0 radical (unpaired) electrons. The zero-order valence-electron chi connectivity index (χ0n) is 20.6. The number of halogens is 2. The summed E-state index contributed by atoms with van der Waals surface area (Å²) >= 11 is 12.4. The van der Waals surface area contributed by atoms with E-state index in [2.05, 4.69) is 39.5 Å². The first-order valence-electron chi connectivity index (χ1n) is 12.2. The van der Waals surface area contributed by atoms with Crippen LogP contribution in [0.3, 0.4) is 0 Å². The number of anilines is 1. The molecule has 2 atom stereocenters. The third-order valence-electron chi connectivity index (χ3n) is 6.61. The minimum Gasteiger partial charge on any atom is -0.350 e. The molecule has 1 aliphatic heterocycles. The fourth-order valence-electron chi connectivity index (χ4n) is 4.70. The highest BCUT2D eigenvalue weighted by molar-refractivity contribution is 6.34. The van der Waals surface area contributed by atoms with E-state index in [0.717, 1.165) is 34.2 Å². The SMILES string of the molecule is C[C@@H](C=O)[C@@H]1c2cc(NC(=O)c3ccccc3Cl)ccc2N=CN1Cc1ccc(-c2cccc(Cl)c2)cc1. The van der Waals surface area contributed by atoms with Crippen LogP contribution in [0, 0.1) is 5.92 Å².